The molecule has 2 heterocycles. The molecule has 0 spiro atoms. The highest BCUT2D eigenvalue weighted by Gasteiger charge is 2.34. The van der Waals surface area contributed by atoms with Crippen molar-refractivity contribution < 1.29 is 10.2 Å². The highest BCUT2D eigenvalue weighted by atomic mass is 32.1. The number of nitrogens with zero attached hydrogens (tertiary/aromatic N) is 2. The van der Waals surface area contributed by atoms with Gasteiger partial charge in [0.25, 0.3) is 0 Å². The molecule has 1 saturated heterocycles. The molecule has 5 nitrogen and oxygen atoms in total. The molecule has 0 aliphatic carbocycles. The van der Waals surface area contributed by atoms with E-state index in [0.29, 0.717) is 6.42 Å². The quantitative estimate of drug-likeness (QED) is 0.333. The van der Waals surface area contributed by atoms with Crippen molar-refractivity contribution in [1.82, 2.24) is 9.88 Å². The predicted molar refractivity (Wildman–Crippen MR) is 141 cm³/mol. The maximum atomic E-state index is 10.3. The van der Waals surface area contributed by atoms with Crippen LogP contribution < -0.4 is 5.32 Å². The number of anilines is 2. The molecule has 5 rings (SSSR count). The highest BCUT2D eigenvalue weighted by molar-refractivity contribution is 7.14. The second-order valence-electron chi connectivity index (χ2n) is 9.50. The number of aromatic nitrogens is 1. The number of aliphatic hydroxyl groups is 2. The fourth-order valence-corrected chi connectivity index (χ4v) is 5.48. The first-order valence-corrected chi connectivity index (χ1v) is 12.7. The maximum Gasteiger partial charge on any atom is 0.187 e. The number of nitrogens with one attached hydrogen (secondary N) is 1. The molecule has 6 heteroatoms. The largest absolute Gasteiger partial charge is 0.395 e. The summed E-state index contributed by atoms with van der Waals surface area (Å²) in [7, 11) is 0. The van der Waals surface area contributed by atoms with Gasteiger partial charge in [0.1, 0.15) is 0 Å². The van der Waals surface area contributed by atoms with Crippen LogP contribution >= 0.6 is 11.3 Å². The number of aliphatic hydroxyl groups excluding tert-OH is 1. The lowest BCUT2D eigenvalue weighted by Crippen LogP contribution is -2.51. The average molecular weight is 474 g/mol. The molecular weight excluding hydrogens is 442 g/mol. The van der Waals surface area contributed by atoms with Crippen molar-refractivity contribution >= 4 is 32.9 Å². The molecule has 176 valence electrons. The number of piperidine rings is 1. The molecule has 1 fully saturated rings. The van der Waals surface area contributed by atoms with Crippen LogP contribution in [0.15, 0.2) is 72.1 Å². The lowest BCUT2D eigenvalue weighted by Gasteiger charge is -2.41. The Morgan fingerprint density at radius 2 is 1.88 bits per heavy atom. The topological polar surface area (TPSA) is 68.6 Å². The van der Waals surface area contributed by atoms with Crippen molar-refractivity contribution in [3.8, 4) is 11.3 Å². The van der Waals surface area contributed by atoms with Gasteiger partial charge in [0.15, 0.2) is 5.13 Å². The molecule has 0 amide bonds. The normalized spacial score (nSPS) is 21.1. The Morgan fingerprint density at radius 1 is 1.09 bits per heavy atom. The van der Waals surface area contributed by atoms with Crippen LogP contribution in [-0.4, -0.2) is 51.4 Å². The minimum Gasteiger partial charge on any atom is -0.395 e. The SMILES string of the molecule is C[C@]1(O)CCN(CCc2ccc(Nc3nc(-c4ccc5ccccc5c4)cs3)cc2)[C@@H](CO)C1. The number of benzene rings is 3. The van der Waals surface area contributed by atoms with Crippen LogP contribution in [0, 0.1) is 0 Å². The summed E-state index contributed by atoms with van der Waals surface area (Å²) in [5, 5.41) is 28.9. The number of likely N-dealkylation sites (tertiary alicyclic amines) is 1. The first-order chi connectivity index (χ1) is 16.5. The molecule has 3 N–H and O–H groups in total. The van der Waals surface area contributed by atoms with Gasteiger partial charge in [0.2, 0.25) is 0 Å². The van der Waals surface area contributed by atoms with Crippen molar-refractivity contribution in [1.29, 1.82) is 0 Å². The van der Waals surface area contributed by atoms with Crippen molar-refractivity contribution in [2.75, 3.05) is 25.0 Å². The number of hydrogen-bond donors (Lipinski definition) is 3. The van der Waals surface area contributed by atoms with Gasteiger partial charge in [0.05, 0.1) is 17.9 Å². The molecule has 3 aromatic carbocycles. The first-order valence-electron chi connectivity index (χ1n) is 11.9. The minimum absolute atomic E-state index is 0.0337. The van der Waals surface area contributed by atoms with Crippen molar-refractivity contribution in [3.05, 3.63) is 77.7 Å². The summed E-state index contributed by atoms with van der Waals surface area (Å²) in [4.78, 5) is 7.09. The molecule has 0 radical (unpaired) electrons. The van der Waals surface area contributed by atoms with Crippen LogP contribution in [-0.2, 0) is 6.42 Å². The van der Waals surface area contributed by atoms with E-state index >= 15 is 0 Å². The second-order valence-corrected chi connectivity index (χ2v) is 10.4. The number of fused-ring (bicyclic) bond motifs is 1. The lowest BCUT2D eigenvalue weighted by molar-refractivity contribution is -0.0459. The van der Waals surface area contributed by atoms with Gasteiger partial charge in [-0.2, -0.15) is 0 Å². The molecule has 1 aliphatic heterocycles. The zero-order valence-electron chi connectivity index (χ0n) is 19.4. The second kappa shape index (κ2) is 9.84. The van der Waals surface area contributed by atoms with Crippen LogP contribution in [0.25, 0.3) is 22.0 Å². The fraction of sp³-hybridized carbons (Fsp3) is 0.321. The van der Waals surface area contributed by atoms with Gasteiger partial charge in [-0.3, -0.25) is 4.90 Å². The van der Waals surface area contributed by atoms with Gasteiger partial charge >= 0.3 is 0 Å². The van der Waals surface area contributed by atoms with Crippen LogP contribution in [0.4, 0.5) is 10.8 Å². The number of rotatable bonds is 7. The van der Waals surface area contributed by atoms with Gasteiger partial charge in [-0.1, -0.05) is 48.5 Å². The van der Waals surface area contributed by atoms with E-state index in [2.05, 4.69) is 82.3 Å². The number of thiazole rings is 1. The van der Waals surface area contributed by atoms with Gasteiger partial charge in [0, 0.05) is 35.8 Å². The molecule has 1 aromatic heterocycles. The Kier molecular flexibility index (Phi) is 6.66. The first kappa shape index (κ1) is 23.0. The zero-order valence-corrected chi connectivity index (χ0v) is 20.3. The van der Waals surface area contributed by atoms with Crippen LogP contribution in [0.5, 0.6) is 0 Å². The van der Waals surface area contributed by atoms with Gasteiger partial charge < -0.3 is 15.5 Å². The fourth-order valence-electron chi connectivity index (χ4n) is 4.74. The van der Waals surface area contributed by atoms with E-state index in [1.807, 2.05) is 6.92 Å². The van der Waals surface area contributed by atoms with Gasteiger partial charge in [-0.15, -0.1) is 11.3 Å². The van der Waals surface area contributed by atoms with E-state index in [0.717, 1.165) is 48.0 Å². The summed E-state index contributed by atoms with van der Waals surface area (Å²) >= 11 is 1.61. The summed E-state index contributed by atoms with van der Waals surface area (Å²) in [6.07, 6.45) is 2.30. The molecule has 0 unspecified atom stereocenters. The van der Waals surface area contributed by atoms with E-state index in [4.69, 9.17) is 4.98 Å². The summed E-state index contributed by atoms with van der Waals surface area (Å²) in [6.45, 7) is 3.66. The van der Waals surface area contributed by atoms with Gasteiger partial charge in [-0.05, 0) is 60.7 Å². The number of hydrogen-bond acceptors (Lipinski definition) is 6. The molecule has 0 saturated carbocycles. The van der Waals surface area contributed by atoms with Crippen molar-refractivity contribution in [2.24, 2.45) is 0 Å². The van der Waals surface area contributed by atoms with E-state index in [1.54, 1.807) is 11.3 Å². The molecule has 4 aromatic rings. The Balaban J connectivity index is 1.19. The molecular formula is C28H31N3O2S. The zero-order chi connectivity index (χ0) is 23.5. The standard InChI is InChI=1S/C28H31N3O2S/c1-28(33)13-15-31(25(17-28)18-32)14-12-20-6-10-24(11-7-20)29-27-30-26(19-34-27)23-9-8-21-4-2-3-5-22(21)16-23/h2-11,16,19,25,32-33H,12-15,17-18H2,1H3,(H,29,30)/t25-,28+/m1/s1. The minimum atomic E-state index is -0.665. The van der Waals surface area contributed by atoms with Crippen LogP contribution in [0.2, 0.25) is 0 Å². The highest BCUT2D eigenvalue weighted by Crippen LogP contribution is 2.30. The predicted octanol–water partition coefficient (Wildman–Crippen LogP) is 5.46. The Morgan fingerprint density at radius 3 is 2.68 bits per heavy atom. The van der Waals surface area contributed by atoms with E-state index < -0.39 is 5.60 Å². The van der Waals surface area contributed by atoms with Crippen LogP contribution in [0.1, 0.15) is 25.3 Å². The molecule has 1 aliphatic rings. The Hall–Kier alpha value is -2.77. The van der Waals surface area contributed by atoms with Crippen LogP contribution in [0.3, 0.4) is 0 Å². The summed E-state index contributed by atoms with van der Waals surface area (Å²) in [5.74, 6) is 0. The van der Waals surface area contributed by atoms with Gasteiger partial charge in [-0.25, -0.2) is 4.98 Å². The third kappa shape index (κ3) is 5.31. The lowest BCUT2D eigenvalue weighted by atomic mass is 9.88. The van der Waals surface area contributed by atoms with Crippen molar-refractivity contribution in [2.45, 2.75) is 37.8 Å². The monoisotopic (exact) mass is 473 g/mol. The molecule has 0 bridgehead atoms. The molecule has 2 atom stereocenters. The smallest absolute Gasteiger partial charge is 0.187 e. The third-order valence-corrected chi connectivity index (χ3v) is 7.54. The summed E-state index contributed by atoms with van der Waals surface area (Å²) in [6, 6.07) is 23.3. The Labute approximate surface area is 204 Å². The summed E-state index contributed by atoms with van der Waals surface area (Å²) < 4.78 is 0. The Bertz CT molecular complexity index is 1250. The van der Waals surface area contributed by atoms with E-state index in [-0.39, 0.29) is 12.6 Å². The van der Waals surface area contributed by atoms with E-state index in [9.17, 15) is 10.2 Å². The third-order valence-electron chi connectivity index (χ3n) is 6.78. The van der Waals surface area contributed by atoms with Crippen molar-refractivity contribution in [3.63, 3.8) is 0 Å². The summed E-state index contributed by atoms with van der Waals surface area (Å²) in [5.41, 5.74) is 3.72. The average Bonchev–Trinajstić information content (AvgIpc) is 3.32. The van der Waals surface area contributed by atoms with E-state index in [1.165, 1.54) is 16.3 Å². The molecule has 34 heavy (non-hydrogen) atoms. The maximum absolute atomic E-state index is 10.3.